The normalized spacial score (nSPS) is 21.2. The molecule has 1 aliphatic carbocycles. The van der Waals surface area contributed by atoms with Crippen molar-refractivity contribution >= 4 is 52.6 Å². The van der Waals surface area contributed by atoms with Crippen molar-refractivity contribution in [3.05, 3.63) is 91.0 Å². The molecule has 0 unspecified atom stereocenters. The number of aliphatic hydroxyl groups excluding tert-OH is 3. The summed E-state index contributed by atoms with van der Waals surface area (Å²) in [6.45, 7) is 2.58. The fraction of sp³-hybridized carbons (Fsp3) is 0.526. The fourth-order valence-electron chi connectivity index (χ4n) is 10.8. The lowest BCUT2D eigenvalue weighted by atomic mass is 9.81. The van der Waals surface area contributed by atoms with Gasteiger partial charge in [0.05, 0.1) is 61.5 Å². The van der Waals surface area contributed by atoms with Gasteiger partial charge >= 0.3 is 18.0 Å². The molecule has 4 aliphatic rings. The largest absolute Gasteiger partial charge is 0.479 e. The number of ether oxygens (including phenoxy) is 6. The first-order valence-electron chi connectivity index (χ1n) is 28.1. The summed E-state index contributed by atoms with van der Waals surface area (Å²) in [7, 11) is 1.50. The van der Waals surface area contributed by atoms with E-state index in [1.807, 2.05) is 0 Å². The third kappa shape index (κ3) is 14.4. The van der Waals surface area contributed by atoms with E-state index in [1.165, 1.54) is 42.0 Å². The summed E-state index contributed by atoms with van der Waals surface area (Å²) in [5.74, 6) is -0.355. The van der Waals surface area contributed by atoms with Gasteiger partial charge in [0.1, 0.15) is 49.1 Å². The molecule has 0 bridgehead atoms. The van der Waals surface area contributed by atoms with Gasteiger partial charge in [-0.05, 0) is 79.5 Å². The van der Waals surface area contributed by atoms with Gasteiger partial charge in [0.2, 0.25) is 29.9 Å². The molecule has 1 fully saturated rings. The van der Waals surface area contributed by atoms with E-state index in [0.717, 1.165) is 0 Å². The highest BCUT2D eigenvalue weighted by Crippen LogP contribution is 2.46. The Kier molecular flexibility index (Phi) is 21.4. The number of rotatable bonds is 28. The summed E-state index contributed by atoms with van der Waals surface area (Å²) in [5.41, 5.74) is 1.05. The summed E-state index contributed by atoms with van der Waals surface area (Å²) >= 11 is 0. The molecule has 2 aromatic carbocycles. The van der Waals surface area contributed by atoms with Crippen LogP contribution in [0.5, 0.6) is 5.75 Å². The van der Waals surface area contributed by atoms with Crippen LogP contribution in [0.3, 0.4) is 0 Å². The van der Waals surface area contributed by atoms with E-state index >= 15 is 4.39 Å². The van der Waals surface area contributed by atoms with Crippen molar-refractivity contribution in [3.63, 3.8) is 0 Å². The number of aryl methyl sites for hydroxylation is 1. The number of methoxy groups -OCH3 is 1. The van der Waals surface area contributed by atoms with Crippen LogP contribution in [0.1, 0.15) is 109 Å². The zero-order valence-electron chi connectivity index (χ0n) is 47.6. The lowest BCUT2D eigenvalue weighted by Crippen LogP contribution is -2.61. The van der Waals surface area contributed by atoms with E-state index in [1.54, 1.807) is 13.8 Å². The van der Waals surface area contributed by atoms with Crippen LogP contribution in [0.4, 0.5) is 9.18 Å². The van der Waals surface area contributed by atoms with E-state index in [9.17, 15) is 63.9 Å². The SMILES string of the molecule is CC[C@@]1(O)C(=O)OCc2c1cc1n(c2=O)Cc2c-1nc1cc(F)c(C)c3c1c2[C@@H](NC(=O)OCc1ccc(O[C@@H]2O[C@H](C(=O)O)[C@@H](O)[C@H](O)[C@H]2O)c(CNC(=O)CCNC(=O)[C@H](CNC(=O)CCOCCOC)NC(=O)CCCCCON)c1)CC3. The lowest BCUT2D eigenvalue weighted by Gasteiger charge is -2.38. The summed E-state index contributed by atoms with van der Waals surface area (Å²) in [6.07, 6.45) is -8.85. The Bertz CT molecular complexity index is 3290. The van der Waals surface area contributed by atoms with Crippen molar-refractivity contribution in [1.29, 1.82) is 0 Å². The molecule has 1 saturated heterocycles. The number of pyridine rings is 2. The standard InChI is InChI=1S/C57H71FN8O20/c1-4-57(79)34-21-39-46-32(25-66(39)52(74)33(34)27-82-55(57)77)45-36(11-10-31-28(2)35(58)22-37(64-46)44(31)45)65-56(78)83-26-29-9-12-40(85-54-49(72)47(70)48(71)50(86-54)53(75)76)30(20-29)23-61-41(67)13-15-60-51(73)38(63-43(69)8-6-5-7-16-84-59)24-62-42(68)14-17-81-19-18-80-3/h9,12,20-22,36,38,47-50,54,70-72,79H,4-8,10-11,13-19,23-27,59H2,1-3H3,(H,60,73)(H,61,67)(H,62,68)(H,63,69)(H,65,78)(H,75,76)/t36-,38-,47-,48-,49+,50-,54+,57-/m0/s1. The van der Waals surface area contributed by atoms with Crippen LogP contribution in [0.25, 0.3) is 22.3 Å². The highest BCUT2D eigenvalue weighted by molar-refractivity contribution is 5.94. The number of esters is 1. The van der Waals surface area contributed by atoms with E-state index in [0.29, 0.717) is 77.8 Å². The number of amides is 5. The van der Waals surface area contributed by atoms with Crippen molar-refractivity contribution in [2.45, 2.75) is 146 Å². The van der Waals surface area contributed by atoms with Crippen LogP contribution >= 0.6 is 0 Å². The van der Waals surface area contributed by atoms with Gasteiger partial charge in [-0.1, -0.05) is 19.4 Å². The average Bonchev–Trinajstić information content (AvgIpc) is 1.48. The number of nitrogens with one attached hydrogen (secondary N) is 5. The molecule has 86 heavy (non-hydrogen) atoms. The first-order valence-corrected chi connectivity index (χ1v) is 28.1. The first-order chi connectivity index (χ1) is 41.2. The molecule has 28 nitrogen and oxygen atoms in total. The molecular formula is C57H71FN8O20. The van der Waals surface area contributed by atoms with Crippen molar-refractivity contribution in [3.8, 4) is 17.1 Å². The minimum atomic E-state index is -2.10. The summed E-state index contributed by atoms with van der Waals surface area (Å²) in [5, 5.41) is 66.8. The van der Waals surface area contributed by atoms with Gasteiger partial charge < -0.3 is 89.9 Å². The molecule has 8 rings (SSSR count). The predicted octanol–water partition coefficient (Wildman–Crippen LogP) is -0.0609. The van der Waals surface area contributed by atoms with E-state index in [4.69, 9.17) is 39.3 Å². The number of fused-ring (bicyclic) bond motifs is 5. The number of hydrogen-bond acceptors (Lipinski definition) is 21. The summed E-state index contributed by atoms with van der Waals surface area (Å²) in [6, 6.07) is 5.07. The summed E-state index contributed by atoms with van der Waals surface area (Å²) < 4.78 is 49.5. The Morgan fingerprint density at radius 2 is 1.69 bits per heavy atom. The van der Waals surface area contributed by atoms with Crippen LogP contribution in [0, 0.1) is 12.7 Å². The Hall–Kier alpha value is -7.74. The van der Waals surface area contributed by atoms with Crippen LogP contribution in [0.2, 0.25) is 0 Å². The predicted molar refractivity (Wildman–Crippen MR) is 295 cm³/mol. The molecule has 3 aliphatic heterocycles. The molecule has 5 amide bonds. The number of nitrogens with zero attached hydrogens (tertiary/aromatic N) is 2. The average molecular weight is 1210 g/mol. The van der Waals surface area contributed by atoms with Crippen molar-refractivity contribution in [1.82, 2.24) is 36.1 Å². The molecule has 5 heterocycles. The number of aromatic nitrogens is 2. The molecule has 0 radical (unpaired) electrons. The van der Waals surface area contributed by atoms with Gasteiger partial charge in [-0.25, -0.2) is 29.7 Å². The van der Waals surface area contributed by atoms with Crippen molar-refractivity contribution in [2.75, 3.05) is 46.6 Å². The smallest absolute Gasteiger partial charge is 0.407 e. The Labute approximate surface area is 491 Å². The molecule has 8 atom stereocenters. The molecule has 0 saturated carbocycles. The topological polar surface area (TPSA) is 406 Å². The van der Waals surface area contributed by atoms with Gasteiger partial charge in [0.25, 0.3) is 5.56 Å². The van der Waals surface area contributed by atoms with Gasteiger partial charge in [0, 0.05) is 74.1 Å². The highest BCUT2D eigenvalue weighted by atomic mass is 19.1. The first kappa shape index (κ1) is 64.3. The molecule has 12 N–H and O–H groups in total. The number of cyclic esters (lactones) is 1. The Morgan fingerprint density at radius 3 is 2.43 bits per heavy atom. The maximum absolute atomic E-state index is 15.6. The number of alkyl carbamates (subject to hydrolysis) is 1. The number of unbranched alkanes of at least 4 members (excludes halogenated alkanes) is 2. The number of carbonyl (C=O) groups excluding carboxylic acids is 6. The van der Waals surface area contributed by atoms with Gasteiger partial charge in [-0.15, -0.1) is 0 Å². The number of halogens is 1. The number of benzene rings is 2. The van der Waals surface area contributed by atoms with E-state index in [-0.39, 0.29) is 112 Å². The zero-order valence-corrected chi connectivity index (χ0v) is 47.6. The maximum Gasteiger partial charge on any atom is 0.407 e. The second kappa shape index (κ2) is 28.6. The molecule has 466 valence electrons. The highest BCUT2D eigenvalue weighted by Gasteiger charge is 2.49. The van der Waals surface area contributed by atoms with E-state index in [2.05, 4.69) is 31.4 Å². The monoisotopic (exact) mass is 1210 g/mol. The summed E-state index contributed by atoms with van der Waals surface area (Å²) in [4.78, 5) is 114. The van der Waals surface area contributed by atoms with Crippen molar-refractivity contribution in [2.24, 2.45) is 5.90 Å². The number of carboxylic acid groups (broad SMARTS) is 1. The molecule has 0 spiro atoms. The fourth-order valence-corrected chi connectivity index (χ4v) is 10.8. The minimum Gasteiger partial charge on any atom is -0.479 e. The number of aliphatic carboxylic acids is 1. The second-order valence-corrected chi connectivity index (χ2v) is 21.2. The van der Waals surface area contributed by atoms with Gasteiger partial charge in [-0.3, -0.25) is 24.0 Å². The van der Waals surface area contributed by atoms with Crippen LogP contribution in [0.15, 0.2) is 35.1 Å². The number of aliphatic hydroxyl groups is 4. The molecule has 29 heteroatoms. The van der Waals surface area contributed by atoms with Gasteiger partial charge in [-0.2, -0.15) is 0 Å². The van der Waals surface area contributed by atoms with Crippen LogP contribution < -0.4 is 42.8 Å². The number of nitrogens with two attached hydrogens (primary N) is 1. The number of hydrogen-bond donors (Lipinski definition) is 11. The second-order valence-electron chi connectivity index (χ2n) is 21.2. The van der Waals surface area contributed by atoms with Crippen LogP contribution in [-0.4, -0.2) is 160 Å². The Balaban J connectivity index is 0.964. The van der Waals surface area contributed by atoms with Crippen molar-refractivity contribution < 1.29 is 96.7 Å². The molecule has 2 aromatic heterocycles. The third-order valence-electron chi connectivity index (χ3n) is 15.6. The number of carboxylic acids is 1. The maximum atomic E-state index is 15.6. The number of carbonyl (C=O) groups is 7. The Morgan fingerprint density at radius 1 is 0.907 bits per heavy atom. The minimum absolute atomic E-state index is 0.0128. The zero-order chi connectivity index (χ0) is 62.0. The quantitative estimate of drug-likeness (QED) is 0.0177. The van der Waals surface area contributed by atoms with Gasteiger partial charge in [0.15, 0.2) is 11.7 Å². The van der Waals surface area contributed by atoms with Crippen LogP contribution in [-0.2, 0) is 95.6 Å². The lowest BCUT2D eigenvalue weighted by molar-refractivity contribution is -0.271. The van der Waals surface area contributed by atoms with E-state index < -0.39 is 108 Å². The molecule has 4 aromatic rings. The molecular weight excluding hydrogens is 1140 g/mol. The third-order valence-corrected chi connectivity index (χ3v) is 15.6.